The van der Waals surface area contributed by atoms with Crippen molar-refractivity contribution >= 4 is 40.4 Å². The van der Waals surface area contributed by atoms with Gasteiger partial charge in [0.1, 0.15) is 10.2 Å². The average Bonchev–Trinajstić information content (AvgIpc) is 2.92. The molecule has 1 atom stereocenters. The molecule has 1 N–H and O–H groups in total. The predicted molar refractivity (Wildman–Crippen MR) is 76.9 cm³/mol. The minimum atomic E-state index is -0.242. The Labute approximate surface area is 124 Å². The van der Waals surface area contributed by atoms with Crippen LogP contribution in [0.4, 0.5) is 0 Å². The second-order valence-electron chi connectivity index (χ2n) is 3.80. The lowest BCUT2D eigenvalue weighted by Gasteiger charge is -2.14. The normalized spacial score (nSPS) is 12.2. The van der Waals surface area contributed by atoms with Gasteiger partial charge < -0.3 is 5.32 Å². The first-order valence-electron chi connectivity index (χ1n) is 5.63. The van der Waals surface area contributed by atoms with Gasteiger partial charge >= 0.3 is 0 Å². The maximum absolute atomic E-state index is 12.1. The van der Waals surface area contributed by atoms with Crippen molar-refractivity contribution in [2.75, 3.05) is 0 Å². The van der Waals surface area contributed by atoms with Crippen molar-refractivity contribution in [3.8, 4) is 0 Å². The molecule has 0 radical (unpaired) electrons. The van der Waals surface area contributed by atoms with Crippen LogP contribution in [0.15, 0.2) is 23.8 Å². The van der Waals surface area contributed by atoms with Gasteiger partial charge in [0.25, 0.3) is 5.91 Å². The number of rotatable bonds is 4. The number of hydrogen-bond donors (Lipinski definition) is 1. The third-order valence-electron chi connectivity index (χ3n) is 2.52. The lowest BCUT2D eigenvalue weighted by atomic mass is 10.2. The number of nitrogens with zero attached hydrogens (tertiary/aromatic N) is 2. The summed E-state index contributed by atoms with van der Waals surface area (Å²) in [5.41, 5.74) is 0.379. The Morgan fingerprint density at radius 2 is 2.26 bits per heavy atom. The number of nitrogens with one attached hydrogen (secondary N) is 1. The second kappa shape index (κ2) is 6.32. The number of carbonyl (C=O) groups is 1. The van der Waals surface area contributed by atoms with Crippen molar-refractivity contribution in [2.24, 2.45) is 0 Å². The monoisotopic (exact) mass is 315 g/mol. The van der Waals surface area contributed by atoms with Gasteiger partial charge in [0.2, 0.25) is 0 Å². The summed E-state index contributed by atoms with van der Waals surface area (Å²) in [6.45, 7) is 1.99. The standard InChI is InChI=1S/C12H11Cl2N3OS/c1-2-9(12-15-3-4-19-12)17-11(18)7-5-8(13)10(14)16-6-7/h3-6,9H,2H2,1H3,(H,17,18). The molecule has 1 unspecified atom stereocenters. The molecule has 0 aliphatic heterocycles. The third kappa shape index (κ3) is 3.43. The van der Waals surface area contributed by atoms with E-state index in [0.29, 0.717) is 5.56 Å². The molecule has 0 saturated carbocycles. The van der Waals surface area contributed by atoms with Gasteiger partial charge in [-0.05, 0) is 12.5 Å². The molecule has 0 aliphatic carbocycles. The van der Waals surface area contributed by atoms with Crippen LogP contribution in [0.1, 0.15) is 34.8 Å². The Kier molecular flexibility index (Phi) is 4.74. The van der Waals surface area contributed by atoms with E-state index in [9.17, 15) is 4.79 Å². The van der Waals surface area contributed by atoms with E-state index < -0.39 is 0 Å². The van der Waals surface area contributed by atoms with Crippen molar-refractivity contribution in [3.05, 3.63) is 44.6 Å². The zero-order valence-electron chi connectivity index (χ0n) is 10.1. The van der Waals surface area contributed by atoms with Crippen LogP contribution in [0.3, 0.4) is 0 Å². The van der Waals surface area contributed by atoms with Crippen LogP contribution >= 0.6 is 34.5 Å². The molecule has 0 spiro atoms. The van der Waals surface area contributed by atoms with Crippen LogP contribution in [0.25, 0.3) is 0 Å². The molecule has 2 aromatic rings. The van der Waals surface area contributed by atoms with E-state index in [1.165, 1.54) is 23.6 Å². The van der Waals surface area contributed by atoms with E-state index in [2.05, 4.69) is 15.3 Å². The highest BCUT2D eigenvalue weighted by molar-refractivity contribution is 7.09. The van der Waals surface area contributed by atoms with E-state index in [1.807, 2.05) is 12.3 Å². The quantitative estimate of drug-likeness (QED) is 0.875. The van der Waals surface area contributed by atoms with Crippen molar-refractivity contribution in [3.63, 3.8) is 0 Å². The summed E-state index contributed by atoms with van der Waals surface area (Å²) in [6.07, 6.45) is 3.88. The first-order valence-corrected chi connectivity index (χ1v) is 7.26. The van der Waals surface area contributed by atoms with E-state index >= 15 is 0 Å². The van der Waals surface area contributed by atoms with Crippen molar-refractivity contribution in [2.45, 2.75) is 19.4 Å². The van der Waals surface area contributed by atoms with Gasteiger partial charge in [0.15, 0.2) is 0 Å². The molecule has 2 aromatic heterocycles. The smallest absolute Gasteiger partial charge is 0.253 e. The van der Waals surface area contributed by atoms with Crippen LogP contribution in [0.5, 0.6) is 0 Å². The van der Waals surface area contributed by atoms with Gasteiger partial charge in [-0.25, -0.2) is 9.97 Å². The molecule has 2 rings (SSSR count). The average molecular weight is 316 g/mol. The Balaban J connectivity index is 2.13. The number of carbonyl (C=O) groups excluding carboxylic acids is 1. The second-order valence-corrected chi connectivity index (χ2v) is 5.49. The summed E-state index contributed by atoms with van der Waals surface area (Å²) in [5.74, 6) is -0.242. The Hall–Kier alpha value is -1.17. The Morgan fingerprint density at radius 3 is 2.84 bits per heavy atom. The molecule has 1 amide bonds. The highest BCUT2D eigenvalue weighted by atomic mass is 35.5. The predicted octanol–water partition coefficient (Wildman–Crippen LogP) is 3.73. The van der Waals surface area contributed by atoms with Crippen LogP contribution in [0.2, 0.25) is 10.2 Å². The Bertz CT molecular complexity index is 574. The first-order chi connectivity index (χ1) is 9.11. The minimum Gasteiger partial charge on any atom is -0.343 e. The van der Waals surface area contributed by atoms with Crippen molar-refractivity contribution < 1.29 is 4.79 Å². The fourth-order valence-electron chi connectivity index (χ4n) is 1.53. The molecule has 0 aromatic carbocycles. The van der Waals surface area contributed by atoms with E-state index in [0.717, 1.165) is 11.4 Å². The molecule has 7 heteroatoms. The summed E-state index contributed by atoms with van der Waals surface area (Å²) in [7, 11) is 0. The molecule has 19 heavy (non-hydrogen) atoms. The van der Waals surface area contributed by atoms with Crippen LogP contribution in [-0.4, -0.2) is 15.9 Å². The van der Waals surface area contributed by atoms with Crippen LogP contribution in [-0.2, 0) is 0 Å². The maximum atomic E-state index is 12.1. The van der Waals surface area contributed by atoms with Crippen LogP contribution in [0, 0.1) is 0 Å². The van der Waals surface area contributed by atoms with Gasteiger partial charge in [-0.1, -0.05) is 30.1 Å². The first kappa shape index (κ1) is 14.2. The molecular weight excluding hydrogens is 305 g/mol. The number of thiazole rings is 1. The van der Waals surface area contributed by atoms with E-state index in [4.69, 9.17) is 23.2 Å². The molecule has 0 saturated heterocycles. The third-order valence-corrected chi connectivity index (χ3v) is 4.10. The topological polar surface area (TPSA) is 54.9 Å². The van der Waals surface area contributed by atoms with E-state index in [-0.39, 0.29) is 22.1 Å². The number of hydrogen-bond acceptors (Lipinski definition) is 4. The van der Waals surface area contributed by atoms with Gasteiger partial charge in [-0.2, -0.15) is 0 Å². The Morgan fingerprint density at radius 1 is 1.47 bits per heavy atom. The summed E-state index contributed by atoms with van der Waals surface area (Å²) in [5, 5.41) is 6.10. The fourth-order valence-corrected chi connectivity index (χ4v) is 2.57. The molecule has 0 aliphatic rings. The van der Waals surface area contributed by atoms with Gasteiger partial charge in [0, 0.05) is 17.8 Å². The molecule has 2 heterocycles. The maximum Gasteiger partial charge on any atom is 0.253 e. The molecule has 100 valence electrons. The number of amides is 1. The zero-order chi connectivity index (χ0) is 13.8. The molecule has 4 nitrogen and oxygen atoms in total. The molecule has 0 bridgehead atoms. The largest absolute Gasteiger partial charge is 0.343 e. The summed E-state index contributed by atoms with van der Waals surface area (Å²) in [4.78, 5) is 20.2. The van der Waals surface area contributed by atoms with Gasteiger partial charge in [-0.3, -0.25) is 4.79 Å². The molecular formula is C12H11Cl2N3OS. The lowest BCUT2D eigenvalue weighted by molar-refractivity contribution is 0.0935. The summed E-state index contributed by atoms with van der Waals surface area (Å²) >= 11 is 13.1. The van der Waals surface area contributed by atoms with Crippen LogP contribution < -0.4 is 5.32 Å². The molecule has 0 fully saturated rings. The lowest BCUT2D eigenvalue weighted by Crippen LogP contribution is -2.28. The van der Waals surface area contributed by atoms with Crippen molar-refractivity contribution in [1.29, 1.82) is 0 Å². The van der Waals surface area contributed by atoms with Crippen molar-refractivity contribution in [1.82, 2.24) is 15.3 Å². The fraction of sp³-hybridized carbons (Fsp3) is 0.250. The van der Waals surface area contributed by atoms with Gasteiger partial charge in [-0.15, -0.1) is 11.3 Å². The van der Waals surface area contributed by atoms with Gasteiger partial charge in [0.05, 0.1) is 16.6 Å². The summed E-state index contributed by atoms with van der Waals surface area (Å²) < 4.78 is 0. The highest BCUT2D eigenvalue weighted by Gasteiger charge is 2.17. The number of aromatic nitrogens is 2. The zero-order valence-corrected chi connectivity index (χ0v) is 12.4. The number of halogens is 2. The highest BCUT2D eigenvalue weighted by Crippen LogP contribution is 2.22. The minimum absolute atomic E-state index is 0.109. The SMILES string of the molecule is CCC(NC(=O)c1cnc(Cl)c(Cl)c1)c1nccs1. The number of pyridine rings is 1. The van der Waals surface area contributed by atoms with E-state index in [1.54, 1.807) is 6.20 Å². The summed E-state index contributed by atoms with van der Waals surface area (Å²) in [6, 6.07) is 1.39.